The fourth-order valence-corrected chi connectivity index (χ4v) is 3.31. The highest BCUT2D eigenvalue weighted by Gasteiger charge is 2.44. The van der Waals surface area contributed by atoms with Gasteiger partial charge >= 0.3 is 0 Å². The summed E-state index contributed by atoms with van der Waals surface area (Å²) in [6, 6.07) is 28.2. The minimum absolute atomic E-state index is 0.432. The summed E-state index contributed by atoms with van der Waals surface area (Å²) in [5, 5.41) is 0. The van der Waals surface area contributed by atoms with E-state index in [1.54, 1.807) is 4.90 Å². The first-order chi connectivity index (χ1) is 12.8. The molecular weight excluding hydrogens is 322 g/mol. The lowest BCUT2D eigenvalue weighted by Crippen LogP contribution is -2.29. The number of nitrogens with zero attached hydrogens (tertiary/aromatic N) is 1. The van der Waals surface area contributed by atoms with Gasteiger partial charge in [0, 0.05) is 11.3 Å². The zero-order valence-electron chi connectivity index (χ0n) is 14.1. The maximum absolute atomic E-state index is 12.8. The number of anilines is 1. The first-order valence-corrected chi connectivity index (χ1v) is 8.50. The molecule has 1 atom stereocenters. The molecule has 1 heterocycles. The van der Waals surface area contributed by atoms with E-state index in [0.717, 1.165) is 16.8 Å². The van der Waals surface area contributed by atoms with Crippen molar-refractivity contribution in [1.82, 2.24) is 0 Å². The second-order valence-electron chi connectivity index (χ2n) is 6.16. The number of para-hydroxylation sites is 1. The zero-order chi connectivity index (χ0) is 17.9. The van der Waals surface area contributed by atoms with Crippen LogP contribution in [0.25, 0.3) is 6.08 Å². The number of rotatable bonds is 3. The molecule has 3 aromatic rings. The summed E-state index contributed by atoms with van der Waals surface area (Å²) < 4.78 is 0. The molecule has 1 saturated heterocycles. The van der Waals surface area contributed by atoms with Gasteiger partial charge in [-0.25, -0.2) is 0 Å². The minimum atomic E-state index is -0.493. The molecule has 1 amide bonds. The van der Waals surface area contributed by atoms with Crippen LogP contribution in [-0.2, 0) is 9.59 Å². The van der Waals surface area contributed by atoms with Gasteiger partial charge in [0.1, 0.15) is 0 Å². The van der Waals surface area contributed by atoms with Gasteiger partial charge in [-0.1, -0.05) is 78.9 Å². The number of carbonyl (C=O) groups excluding carboxylic acids is 2. The third-order valence-corrected chi connectivity index (χ3v) is 4.50. The predicted molar refractivity (Wildman–Crippen MR) is 103 cm³/mol. The van der Waals surface area contributed by atoms with Gasteiger partial charge in [-0.15, -0.1) is 0 Å². The van der Waals surface area contributed by atoms with Crippen molar-refractivity contribution in [2.45, 2.75) is 6.04 Å². The third-order valence-electron chi connectivity index (χ3n) is 4.50. The molecule has 0 unspecified atom stereocenters. The van der Waals surface area contributed by atoms with Crippen LogP contribution < -0.4 is 4.90 Å². The van der Waals surface area contributed by atoms with Gasteiger partial charge in [0.15, 0.2) is 0 Å². The Bertz CT molecular complexity index is 963. The topological polar surface area (TPSA) is 37.4 Å². The Morgan fingerprint density at radius 3 is 1.85 bits per heavy atom. The lowest BCUT2D eigenvalue weighted by Gasteiger charge is -2.25. The molecule has 26 heavy (non-hydrogen) atoms. The summed E-state index contributed by atoms with van der Waals surface area (Å²) >= 11 is 0. The molecular formula is C23H17NO2. The Hall–Kier alpha value is -3.46. The number of hydrogen-bond donors (Lipinski definition) is 0. The van der Waals surface area contributed by atoms with Crippen molar-refractivity contribution in [3.05, 3.63) is 108 Å². The summed E-state index contributed by atoms with van der Waals surface area (Å²) in [6.45, 7) is 0. The summed E-state index contributed by atoms with van der Waals surface area (Å²) in [5.41, 5.74) is 3.03. The van der Waals surface area contributed by atoms with E-state index in [0.29, 0.717) is 5.57 Å². The SMILES string of the molecule is O=C1C(=O)N(c2ccccc2)[C@@H](c2ccccc2)/C1=C\c1ccccc1. The smallest absolute Gasteiger partial charge is 0.294 e. The molecule has 3 heteroatoms. The largest absolute Gasteiger partial charge is 0.299 e. The summed E-state index contributed by atoms with van der Waals surface area (Å²) in [6.07, 6.45) is 1.82. The molecule has 0 aromatic heterocycles. The highest BCUT2D eigenvalue weighted by Crippen LogP contribution is 2.39. The van der Waals surface area contributed by atoms with E-state index < -0.39 is 17.7 Å². The average molecular weight is 339 g/mol. The Morgan fingerprint density at radius 1 is 0.692 bits per heavy atom. The van der Waals surface area contributed by atoms with Gasteiger partial charge < -0.3 is 0 Å². The Labute approximate surface area is 152 Å². The van der Waals surface area contributed by atoms with E-state index in [1.165, 1.54) is 0 Å². The van der Waals surface area contributed by atoms with Crippen molar-refractivity contribution in [3.63, 3.8) is 0 Å². The molecule has 1 aliphatic rings. The van der Waals surface area contributed by atoms with Crippen LogP contribution in [0.15, 0.2) is 96.6 Å². The van der Waals surface area contributed by atoms with Gasteiger partial charge in [-0.05, 0) is 29.3 Å². The van der Waals surface area contributed by atoms with Crippen molar-refractivity contribution in [3.8, 4) is 0 Å². The van der Waals surface area contributed by atoms with Crippen molar-refractivity contribution in [1.29, 1.82) is 0 Å². The maximum Gasteiger partial charge on any atom is 0.299 e. The molecule has 1 aliphatic heterocycles. The number of benzene rings is 3. The van der Waals surface area contributed by atoms with E-state index >= 15 is 0 Å². The van der Waals surface area contributed by atoms with Gasteiger partial charge in [0.2, 0.25) is 5.78 Å². The van der Waals surface area contributed by atoms with E-state index in [9.17, 15) is 9.59 Å². The number of Topliss-reactive ketones (excluding diaryl/α,β-unsaturated/α-hetero) is 1. The van der Waals surface area contributed by atoms with Crippen LogP contribution in [0, 0.1) is 0 Å². The van der Waals surface area contributed by atoms with E-state index in [-0.39, 0.29) is 0 Å². The number of ketones is 1. The van der Waals surface area contributed by atoms with E-state index in [1.807, 2.05) is 97.1 Å². The molecule has 1 fully saturated rings. The first-order valence-electron chi connectivity index (χ1n) is 8.50. The lowest BCUT2D eigenvalue weighted by atomic mass is 9.96. The van der Waals surface area contributed by atoms with Crippen molar-refractivity contribution in [2.75, 3.05) is 4.90 Å². The predicted octanol–water partition coefficient (Wildman–Crippen LogP) is 4.43. The Kier molecular flexibility index (Phi) is 4.20. The normalized spacial score (nSPS) is 18.5. The molecule has 0 spiro atoms. The first kappa shape index (κ1) is 16.0. The molecule has 0 aliphatic carbocycles. The molecule has 0 saturated carbocycles. The second kappa shape index (κ2) is 6.81. The van der Waals surface area contributed by atoms with Crippen molar-refractivity contribution < 1.29 is 9.59 Å². The van der Waals surface area contributed by atoms with Crippen LogP contribution in [0.4, 0.5) is 5.69 Å². The molecule has 4 rings (SSSR count). The molecule has 3 aromatic carbocycles. The van der Waals surface area contributed by atoms with E-state index in [2.05, 4.69) is 0 Å². The summed E-state index contributed by atoms with van der Waals surface area (Å²) in [4.78, 5) is 27.2. The van der Waals surface area contributed by atoms with Gasteiger partial charge in [-0.3, -0.25) is 14.5 Å². The third kappa shape index (κ3) is 2.84. The summed E-state index contributed by atoms with van der Waals surface area (Å²) in [5.74, 6) is -0.946. The Balaban J connectivity index is 1.89. The molecule has 126 valence electrons. The summed E-state index contributed by atoms with van der Waals surface area (Å²) in [7, 11) is 0. The quantitative estimate of drug-likeness (QED) is 0.523. The number of carbonyl (C=O) groups is 2. The van der Waals surface area contributed by atoms with Crippen LogP contribution >= 0.6 is 0 Å². The van der Waals surface area contributed by atoms with Crippen molar-refractivity contribution in [2.24, 2.45) is 0 Å². The second-order valence-corrected chi connectivity index (χ2v) is 6.16. The highest BCUT2D eigenvalue weighted by molar-refractivity contribution is 6.51. The van der Waals surface area contributed by atoms with Crippen LogP contribution in [0.2, 0.25) is 0 Å². The van der Waals surface area contributed by atoms with Crippen LogP contribution in [0.3, 0.4) is 0 Å². The van der Waals surface area contributed by atoms with E-state index in [4.69, 9.17) is 0 Å². The number of hydrogen-bond acceptors (Lipinski definition) is 2. The van der Waals surface area contributed by atoms with Crippen LogP contribution in [0.5, 0.6) is 0 Å². The van der Waals surface area contributed by atoms with Crippen molar-refractivity contribution >= 4 is 23.5 Å². The molecule has 0 bridgehead atoms. The van der Waals surface area contributed by atoms with Gasteiger partial charge in [0.05, 0.1) is 6.04 Å². The molecule has 0 N–H and O–H groups in total. The van der Waals surface area contributed by atoms with Crippen LogP contribution in [0.1, 0.15) is 17.2 Å². The van der Waals surface area contributed by atoms with Crippen LogP contribution in [-0.4, -0.2) is 11.7 Å². The molecule has 0 radical (unpaired) electrons. The minimum Gasteiger partial charge on any atom is -0.294 e. The highest BCUT2D eigenvalue weighted by atomic mass is 16.2. The maximum atomic E-state index is 12.8. The fourth-order valence-electron chi connectivity index (χ4n) is 3.31. The fraction of sp³-hybridized carbons (Fsp3) is 0.0435. The lowest BCUT2D eigenvalue weighted by molar-refractivity contribution is -0.132. The monoisotopic (exact) mass is 339 g/mol. The zero-order valence-corrected chi connectivity index (χ0v) is 14.1. The standard InChI is InChI=1S/C23H17NO2/c25-22-20(16-17-10-4-1-5-11-17)21(18-12-6-2-7-13-18)24(23(22)26)19-14-8-3-9-15-19/h1-16,21H/b20-16+/t21-/m0/s1. The number of amides is 1. The van der Waals surface area contributed by atoms with Gasteiger partial charge in [0.25, 0.3) is 5.91 Å². The van der Waals surface area contributed by atoms with Gasteiger partial charge in [-0.2, -0.15) is 0 Å². The average Bonchev–Trinajstić information content (AvgIpc) is 2.95. The molecule has 3 nitrogen and oxygen atoms in total. The Morgan fingerprint density at radius 2 is 1.23 bits per heavy atom.